The minimum Gasteiger partial charge on any atom is -0.464 e. The van der Waals surface area contributed by atoms with Crippen LogP contribution in [0.25, 0.3) is 0 Å². The number of benzene rings is 2. The highest BCUT2D eigenvalue weighted by Crippen LogP contribution is 2.14. The Kier molecular flexibility index (Phi) is 7.31. The van der Waals surface area contributed by atoms with Crippen molar-refractivity contribution in [3.8, 4) is 0 Å². The SMILES string of the molecule is CCOC(=O)[C@H](CNC(=O)c1ccccc1F)NC(=O)c1ccccc1Cl. The average molecular weight is 393 g/mol. The fourth-order valence-corrected chi connectivity index (χ4v) is 2.47. The first-order valence-electron chi connectivity index (χ1n) is 8.18. The van der Waals surface area contributed by atoms with Gasteiger partial charge in [0.25, 0.3) is 11.8 Å². The number of carbonyl (C=O) groups is 3. The molecule has 0 aliphatic rings. The van der Waals surface area contributed by atoms with Crippen LogP contribution in [0, 0.1) is 5.82 Å². The van der Waals surface area contributed by atoms with Crippen LogP contribution in [0.15, 0.2) is 48.5 Å². The summed E-state index contributed by atoms with van der Waals surface area (Å²) < 4.78 is 18.6. The summed E-state index contributed by atoms with van der Waals surface area (Å²) in [6, 6.07) is 10.6. The lowest BCUT2D eigenvalue weighted by Crippen LogP contribution is -2.49. The molecule has 0 aliphatic heterocycles. The van der Waals surface area contributed by atoms with Gasteiger partial charge in [0.1, 0.15) is 11.9 Å². The van der Waals surface area contributed by atoms with Gasteiger partial charge in [0.15, 0.2) is 0 Å². The molecule has 0 unspecified atom stereocenters. The molecule has 0 spiro atoms. The van der Waals surface area contributed by atoms with Crippen molar-refractivity contribution in [3.63, 3.8) is 0 Å². The number of ether oxygens (including phenoxy) is 1. The van der Waals surface area contributed by atoms with E-state index in [1.165, 1.54) is 30.3 Å². The third-order valence-corrected chi connectivity index (χ3v) is 3.91. The van der Waals surface area contributed by atoms with Gasteiger partial charge < -0.3 is 15.4 Å². The second-order valence-corrected chi connectivity index (χ2v) is 5.86. The van der Waals surface area contributed by atoms with Crippen molar-refractivity contribution in [1.82, 2.24) is 10.6 Å². The van der Waals surface area contributed by atoms with Crippen LogP contribution in [0.4, 0.5) is 4.39 Å². The molecular weight excluding hydrogens is 375 g/mol. The van der Waals surface area contributed by atoms with Gasteiger partial charge in [-0.15, -0.1) is 0 Å². The molecule has 2 rings (SSSR count). The summed E-state index contributed by atoms with van der Waals surface area (Å²) in [7, 11) is 0. The second kappa shape index (κ2) is 9.68. The van der Waals surface area contributed by atoms with Gasteiger partial charge in [-0.2, -0.15) is 0 Å². The number of rotatable bonds is 7. The molecule has 0 heterocycles. The molecule has 8 heteroatoms. The first-order chi connectivity index (χ1) is 12.9. The summed E-state index contributed by atoms with van der Waals surface area (Å²) in [5.41, 5.74) is 0.00596. The first kappa shape index (κ1) is 20.4. The van der Waals surface area contributed by atoms with Crippen molar-refractivity contribution in [2.75, 3.05) is 13.2 Å². The molecular formula is C19H18ClFN2O4. The van der Waals surface area contributed by atoms with Crippen LogP contribution in [0.5, 0.6) is 0 Å². The third-order valence-electron chi connectivity index (χ3n) is 3.58. The van der Waals surface area contributed by atoms with E-state index in [0.29, 0.717) is 0 Å². The highest BCUT2D eigenvalue weighted by molar-refractivity contribution is 6.33. The lowest BCUT2D eigenvalue weighted by molar-refractivity contribution is -0.145. The number of carbonyl (C=O) groups excluding carboxylic acids is 3. The Hall–Kier alpha value is -2.93. The lowest BCUT2D eigenvalue weighted by Gasteiger charge is -2.18. The van der Waals surface area contributed by atoms with Crippen molar-refractivity contribution in [1.29, 1.82) is 0 Å². The molecule has 2 N–H and O–H groups in total. The maximum atomic E-state index is 13.7. The van der Waals surface area contributed by atoms with Gasteiger partial charge >= 0.3 is 5.97 Å². The number of halogens is 2. The minimum atomic E-state index is -1.16. The van der Waals surface area contributed by atoms with Crippen LogP contribution < -0.4 is 10.6 Å². The van der Waals surface area contributed by atoms with Crippen LogP contribution in [0.3, 0.4) is 0 Å². The predicted molar refractivity (Wildman–Crippen MR) is 98.1 cm³/mol. The monoisotopic (exact) mass is 392 g/mol. The molecule has 0 saturated carbocycles. The maximum absolute atomic E-state index is 13.7. The van der Waals surface area contributed by atoms with Crippen molar-refractivity contribution in [2.24, 2.45) is 0 Å². The topological polar surface area (TPSA) is 84.5 Å². The molecule has 0 aliphatic carbocycles. The van der Waals surface area contributed by atoms with Gasteiger partial charge in [0, 0.05) is 6.54 Å². The van der Waals surface area contributed by atoms with Crippen LogP contribution in [0.2, 0.25) is 5.02 Å². The molecule has 27 heavy (non-hydrogen) atoms. The molecule has 0 radical (unpaired) electrons. The predicted octanol–water partition coefficient (Wildman–Crippen LogP) is 2.57. The highest BCUT2D eigenvalue weighted by atomic mass is 35.5. The van der Waals surface area contributed by atoms with Gasteiger partial charge in [-0.05, 0) is 31.2 Å². The van der Waals surface area contributed by atoms with Crippen molar-refractivity contribution in [2.45, 2.75) is 13.0 Å². The Morgan fingerprint density at radius 3 is 2.30 bits per heavy atom. The van der Waals surface area contributed by atoms with Crippen LogP contribution >= 0.6 is 11.6 Å². The molecule has 6 nitrogen and oxygen atoms in total. The molecule has 2 aromatic rings. The fraction of sp³-hybridized carbons (Fsp3) is 0.211. The third kappa shape index (κ3) is 5.52. The standard InChI is InChI=1S/C19H18ClFN2O4/c1-2-27-19(26)16(23-18(25)12-7-3-5-9-14(12)20)11-22-17(24)13-8-4-6-10-15(13)21/h3-10,16H,2,11H2,1H3,(H,22,24)(H,23,25)/t16-/m0/s1. The van der Waals surface area contributed by atoms with Gasteiger partial charge in [-0.1, -0.05) is 35.9 Å². The van der Waals surface area contributed by atoms with E-state index in [2.05, 4.69) is 10.6 Å². The average Bonchev–Trinajstić information content (AvgIpc) is 2.65. The quantitative estimate of drug-likeness (QED) is 0.709. The Morgan fingerprint density at radius 1 is 1.04 bits per heavy atom. The van der Waals surface area contributed by atoms with Crippen LogP contribution in [-0.4, -0.2) is 37.0 Å². The van der Waals surface area contributed by atoms with Crippen LogP contribution in [-0.2, 0) is 9.53 Å². The fourth-order valence-electron chi connectivity index (χ4n) is 2.25. The lowest BCUT2D eigenvalue weighted by atomic mass is 10.1. The zero-order valence-electron chi connectivity index (χ0n) is 14.5. The second-order valence-electron chi connectivity index (χ2n) is 5.45. The summed E-state index contributed by atoms with van der Waals surface area (Å²) >= 11 is 5.98. The van der Waals surface area contributed by atoms with E-state index in [-0.39, 0.29) is 29.3 Å². The Bertz CT molecular complexity index is 844. The van der Waals surface area contributed by atoms with Crippen molar-refractivity contribution < 1.29 is 23.5 Å². The normalized spacial score (nSPS) is 11.4. The molecule has 142 valence electrons. The smallest absolute Gasteiger partial charge is 0.330 e. The number of hydrogen-bond donors (Lipinski definition) is 2. The zero-order valence-corrected chi connectivity index (χ0v) is 15.3. The van der Waals surface area contributed by atoms with Gasteiger partial charge in [-0.3, -0.25) is 9.59 Å². The van der Waals surface area contributed by atoms with E-state index >= 15 is 0 Å². The molecule has 0 bridgehead atoms. The molecule has 0 fully saturated rings. The minimum absolute atomic E-state index is 0.0958. The highest BCUT2D eigenvalue weighted by Gasteiger charge is 2.24. The van der Waals surface area contributed by atoms with Gasteiger partial charge in [0.2, 0.25) is 0 Å². The van der Waals surface area contributed by atoms with E-state index in [1.807, 2.05) is 0 Å². The number of nitrogens with one attached hydrogen (secondary N) is 2. The van der Waals surface area contributed by atoms with Crippen molar-refractivity contribution >= 4 is 29.4 Å². The number of amides is 2. The number of hydrogen-bond acceptors (Lipinski definition) is 4. The molecule has 0 saturated heterocycles. The summed E-state index contributed by atoms with van der Waals surface area (Å²) in [6.07, 6.45) is 0. The van der Waals surface area contributed by atoms with Gasteiger partial charge in [-0.25, -0.2) is 9.18 Å². The summed E-state index contributed by atoms with van der Waals surface area (Å²) in [5.74, 6) is -2.73. The van der Waals surface area contributed by atoms with E-state index in [9.17, 15) is 18.8 Å². The van der Waals surface area contributed by atoms with E-state index in [4.69, 9.17) is 16.3 Å². The van der Waals surface area contributed by atoms with E-state index < -0.39 is 29.6 Å². The zero-order chi connectivity index (χ0) is 19.8. The van der Waals surface area contributed by atoms with Gasteiger partial charge in [0.05, 0.1) is 22.8 Å². The Balaban J connectivity index is 2.09. The van der Waals surface area contributed by atoms with Crippen molar-refractivity contribution in [3.05, 3.63) is 70.5 Å². The van der Waals surface area contributed by atoms with E-state index in [0.717, 1.165) is 6.07 Å². The first-order valence-corrected chi connectivity index (χ1v) is 8.56. The molecule has 2 amide bonds. The maximum Gasteiger partial charge on any atom is 0.330 e. The Labute approximate surface area is 160 Å². The Morgan fingerprint density at radius 2 is 1.67 bits per heavy atom. The molecule has 2 aromatic carbocycles. The summed E-state index contributed by atoms with van der Waals surface area (Å²) in [6.45, 7) is 1.43. The number of esters is 1. The summed E-state index contributed by atoms with van der Waals surface area (Å²) in [5, 5.41) is 5.11. The largest absolute Gasteiger partial charge is 0.464 e. The van der Waals surface area contributed by atoms with Crippen LogP contribution in [0.1, 0.15) is 27.6 Å². The van der Waals surface area contributed by atoms with E-state index in [1.54, 1.807) is 19.1 Å². The summed E-state index contributed by atoms with van der Waals surface area (Å²) in [4.78, 5) is 36.6. The molecule has 0 aromatic heterocycles. The molecule has 1 atom stereocenters.